The van der Waals surface area contributed by atoms with Crippen molar-refractivity contribution in [1.29, 1.82) is 0 Å². The molecule has 0 aromatic heterocycles. The largest absolute Gasteiger partial charge is 0.573 e. The highest BCUT2D eigenvalue weighted by atomic mass is 19.4. The molecule has 0 unspecified atom stereocenters. The molecule has 10 heteroatoms. The fourth-order valence-electron chi connectivity index (χ4n) is 2.39. The first-order chi connectivity index (χ1) is 12.7. The van der Waals surface area contributed by atoms with Gasteiger partial charge in [0, 0.05) is 0 Å². The van der Waals surface area contributed by atoms with Crippen molar-refractivity contribution in [3.63, 3.8) is 0 Å². The summed E-state index contributed by atoms with van der Waals surface area (Å²) < 4.78 is 45.6. The number of carbonyl (C=O) groups is 3. The molecule has 1 aliphatic rings. The van der Waals surface area contributed by atoms with Crippen LogP contribution < -0.4 is 20.1 Å². The topological polar surface area (TPSA) is 93.7 Å². The number of carbonyl (C=O) groups excluding carboxylic acids is 3. The molecule has 2 aromatic rings. The van der Waals surface area contributed by atoms with Crippen LogP contribution in [-0.2, 0) is 9.59 Å². The van der Waals surface area contributed by atoms with E-state index in [0.717, 1.165) is 12.1 Å². The summed E-state index contributed by atoms with van der Waals surface area (Å²) in [6, 6.07) is 9.81. The first-order valence-corrected chi connectivity index (χ1v) is 7.50. The number of urea groups is 1. The van der Waals surface area contributed by atoms with Gasteiger partial charge >= 0.3 is 12.4 Å². The summed E-state index contributed by atoms with van der Waals surface area (Å²) in [6.45, 7) is 0. The first-order valence-electron chi connectivity index (χ1n) is 7.50. The molecule has 0 aliphatic carbocycles. The van der Waals surface area contributed by atoms with E-state index in [2.05, 4.69) is 4.74 Å². The van der Waals surface area contributed by atoms with E-state index in [1.807, 2.05) is 10.6 Å². The van der Waals surface area contributed by atoms with E-state index < -0.39 is 30.1 Å². The highest BCUT2D eigenvalue weighted by Gasteiger charge is 2.35. The molecule has 7 nitrogen and oxygen atoms in total. The minimum atomic E-state index is -4.78. The Hall–Kier alpha value is -3.56. The summed E-state index contributed by atoms with van der Waals surface area (Å²) in [5, 5.41) is 4.00. The Balaban J connectivity index is 1.68. The molecular weight excluding hydrogens is 369 g/mol. The summed E-state index contributed by atoms with van der Waals surface area (Å²) >= 11 is 0. The lowest BCUT2D eigenvalue weighted by Gasteiger charge is -2.20. The minimum absolute atomic E-state index is 0.260. The highest BCUT2D eigenvalue weighted by molar-refractivity contribution is 6.19. The van der Waals surface area contributed by atoms with E-state index >= 15 is 0 Å². The second-order valence-corrected chi connectivity index (χ2v) is 5.43. The van der Waals surface area contributed by atoms with Crippen LogP contribution in [0.3, 0.4) is 0 Å². The van der Waals surface area contributed by atoms with Gasteiger partial charge in [-0.25, -0.2) is 4.79 Å². The Labute approximate surface area is 150 Å². The number of nitrogens with one attached hydrogen (secondary N) is 2. The third-order valence-corrected chi connectivity index (χ3v) is 3.50. The molecule has 2 aromatic carbocycles. The number of imide groups is 2. The first kappa shape index (κ1) is 18.2. The Kier molecular flexibility index (Phi) is 4.72. The molecule has 0 saturated carbocycles. The average Bonchev–Trinajstić information content (AvgIpc) is 2.56. The molecule has 140 valence electrons. The standard InChI is InChI=1S/C17H11F3N2O5/c18-17(19,20)27-12-7-5-11(6-8-12)26-10-3-1-9(2-4-10)13-14(23)21-16(25)22-15(13)24/h1-8,13H,(H2,21,22,23,24,25). The molecule has 1 heterocycles. The van der Waals surface area contributed by atoms with Gasteiger partial charge in [0.1, 0.15) is 23.2 Å². The molecule has 0 spiro atoms. The van der Waals surface area contributed by atoms with Gasteiger partial charge in [0.05, 0.1) is 0 Å². The number of hydrogen-bond donors (Lipinski definition) is 2. The van der Waals surface area contributed by atoms with Crippen LogP contribution in [-0.4, -0.2) is 24.2 Å². The smallest absolute Gasteiger partial charge is 0.457 e. The lowest BCUT2D eigenvalue weighted by Crippen LogP contribution is -2.54. The van der Waals surface area contributed by atoms with Crippen molar-refractivity contribution in [1.82, 2.24) is 10.6 Å². The third kappa shape index (κ3) is 4.54. The van der Waals surface area contributed by atoms with Crippen molar-refractivity contribution in [2.75, 3.05) is 0 Å². The maximum Gasteiger partial charge on any atom is 0.573 e. The lowest BCUT2D eigenvalue weighted by molar-refractivity contribution is -0.274. The Morgan fingerprint density at radius 1 is 0.741 bits per heavy atom. The van der Waals surface area contributed by atoms with Crippen molar-refractivity contribution < 1.29 is 37.0 Å². The average molecular weight is 380 g/mol. The molecule has 4 amide bonds. The SMILES string of the molecule is O=C1NC(=O)C(c2ccc(Oc3ccc(OC(F)(F)F)cc3)cc2)C(=O)N1. The van der Waals surface area contributed by atoms with Crippen LogP contribution in [0.4, 0.5) is 18.0 Å². The third-order valence-electron chi connectivity index (χ3n) is 3.50. The molecule has 27 heavy (non-hydrogen) atoms. The van der Waals surface area contributed by atoms with E-state index in [0.29, 0.717) is 11.3 Å². The number of benzene rings is 2. The van der Waals surface area contributed by atoms with Crippen molar-refractivity contribution in [2.45, 2.75) is 12.3 Å². The van der Waals surface area contributed by atoms with Crippen LogP contribution in [0.15, 0.2) is 48.5 Å². The molecule has 1 fully saturated rings. The van der Waals surface area contributed by atoms with Gasteiger partial charge in [-0.2, -0.15) is 0 Å². The van der Waals surface area contributed by atoms with E-state index in [9.17, 15) is 27.6 Å². The number of alkyl halides is 3. The van der Waals surface area contributed by atoms with Gasteiger partial charge in [0.25, 0.3) is 0 Å². The van der Waals surface area contributed by atoms with Crippen LogP contribution >= 0.6 is 0 Å². The summed E-state index contributed by atoms with van der Waals surface area (Å²) in [7, 11) is 0. The quantitative estimate of drug-likeness (QED) is 0.796. The summed E-state index contributed by atoms with van der Waals surface area (Å²) in [6.07, 6.45) is -4.78. The second kappa shape index (κ2) is 6.98. The predicted octanol–water partition coefficient (Wildman–Crippen LogP) is 2.83. The number of rotatable bonds is 4. The summed E-state index contributed by atoms with van der Waals surface area (Å²) in [5.41, 5.74) is 0.346. The van der Waals surface area contributed by atoms with Crippen LogP contribution in [0.5, 0.6) is 17.2 Å². The zero-order valence-electron chi connectivity index (χ0n) is 13.4. The number of halogens is 3. The fourth-order valence-corrected chi connectivity index (χ4v) is 2.39. The van der Waals surface area contributed by atoms with E-state index in [-0.39, 0.29) is 11.5 Å². The van der Waals surface area contributed by atoms with Gasteiger partial charge in [-0.1, -0.05) is 12.1 Å². The molecule has 0 atom stereocenters. The maximum atomic E-state index is 12.1. The van der Waals surface area contributed by atoms with Gasteiger partial charge in [-0.3, -0.25) is 20.2 Å². The van der Waals surface area contributed by atoms with E-state index in [1.54, 1.807) is 0 Å². The monoisotopic (exact) mass is 380 g/mol. The van der Waals surface area contributed by atoms with Gasteiger partial charge in [-0.05, 0) is 42.0 Å². The minimum Gasteiger partial charge on any atom is -0.457 e. The van der Waals surface area contributed by atoms with Crippen molar-refractivity contribution in [3.8, 4) is 17.2 Å². The number of hydrogen-bond acceptors (Lipinski definition) is 5. The predicted molar refractivity (Wildman–Crippen MR) is 84.1 cm³/mol. The summed E-state index contributed by atoms with van der Waals surface area (Å²) in [4.78, 5) is 34.7. The highest BCUT2D eigenvalue weighted by Crippen LogP contribution is 2.28. The van der Waals surface area contributed by atoms with Crippen LogP contribution in [0.1, 0.15) is 11.5 Å². The Morgan fingerprint density at radius 3 is 1.67 bits per heavy atom. The number of ether oxygens (including phenoxy) is 2. The van der Waals surface area contributed by atoms with Gasteiger partial charge in [0.2, 0.25) is 11.8 Å². The Bertz CT molecular complexity index is 859. The molecule has 0 radical (unpaired) electrons. The van der Waals surface area contributed by atoms with Crippen molar-refractivity contribution in [2.24, 2.45) is 0 Å². The van der Waals surface area contributed by atoms with Gasteiger partial charge in [0.15, 0.2) is 0 Å². The molecule has 2 N–H and O–H groups in total. The molecule has 1 saturated heterocycles. The van der Waals surface area contributed by atoms with Gasteiger partial charge < -0.3 is 9.47 Å². The lowest BCUT2D eigenvalue weighted by atomic mass is 9.96. The van der Waals surface area contributed by atoms with Crippen LogP contribution in [0, 0.1) is 0 Å². The normalized spacial score (nSPS) is 15.1. The molecule has 1 aliphatic heterocycles. The maximum absolute atomic E-state index is 12.1. The van der Waals surface area contributed by atoms with Crippen molar-refractivity contribution in [3.05, 3.63) is 54.1 Å². The second-order valence-electron chi connectivity index (χ2n) is 5.43. The summed E-state index contributed by atoms with van der Waals surface area (Å²) in [5.74, 6) is -2.44. The van der Waals surface area contributed by atoms with Crippen LogP contribution in [0.25, 0.3) is 0 Å². The van der Waals surface area contributed by atoms with Crippen molar-refractivity contribution >= 4 is 17.8 Å². The van der Waals surface area contributed by atoms with E-state index in [1.165, 1.54) is 36.4 Å². The zero-order valence-corrected chi connectivity index (χ0v) is 13.4. The number of barbiturate groups is 1. The molecule has 3 rings (SSSR count). The Morgan fingerprint density at radius 2 is 1.19 bits per heavy atom. The van der Waals surface area contributed by atoms with Gasteiger partial charge in [-0.15, -0.1) is 13.2 Å². The van der Waals surface area contributed by atoms with Crippen LogP contribution in [0.2, 0.25) is 0 Å². The zero-order chi connectivity index (χ0) is 19.6. The molecular formula is C17H11F3N2O5. The van der Waals surface area contributed by atoms with E-state index in [4.69, 9.17) is 4.74 Å². The number of amides is 4. The molecule has 0 bridgehead atoms. The fraction of sp³-hybridized carbons (Fsp3) is 0.118.